The first-order valence-electron chi connectivity index (χ1n) is 15.9. The number of aliphatic hydroxyl groups is 1. The Kier molecular flexibility index (Phi) is 27.0. The highest BCUT2D eigenvalue weighted by atomic mass is 16.4. The van der Waals surface area contributed by atoms with Crippen molar-refractivity contribution in [3.63, 3.8) is 0 Å². The number of carbonyl (C=O) groups is 1. The van der Waals surface area contributed by atoms with Crippen LogP contribution in [0.15, 0.2) is 0 Å². The number of likely N-dealkylation sites (N-methyl/N-ethyl adjacent to an activating group) is 6. The first kappa shape index (κ1) is 40.3. The number of rotatable bonds is 24. The average Bonchev–Trinajstić information content (AvgIpc) is 2.96. The normalized spacial score (nSPS) is 13.6. The molecule has 0 radical (unpaired) electrons. The molecule has 9 heteroatoms. The minimum atomic E-state index is -0.713. The van der Waals surface area contributed by atoms with Crippen molar-refractivity contribution in [2.45, 2.75) is 81.3 Å². The molecular weight excluding hydrogens is 492 g/mol. The lowest BCUT2D eigenvalue weighted by Crippen LogP contribution is -2.49. The van der Waals surface area contributed by atoms with Gasteiger partial charge in [-0.05, 0) is 65.4 Å². The van der Waals surface area contributed by atoms with Gasteiger partial charge in [0.2, 0.25) is 0 Å². The maximum Gasteiger partial charge on any atom is 0.322 e. The van der Waals surface area contributed by atoms with Crippen LogP contribution in [0, 0.1) is 0 Å². The third kappa shape index (κ3) is 17.6. The first-order chi connectivity index (χ1) is 18.7. The quantitative estimate of drug-likeness (QED) is 0.185. The van der Waals surface area contributed by atoms with Crippen molar-refractivity contribution in [3.8, 4) is 0 Å². The minimum Gasteiger partial charge on any atom is -0.480 e. The van der Waals surface area contributed by atoms with Crippen LogP contribution in [-0.4, -0.2) is 169 Å². The van der Waals surface area contributed by atoms with Gasteiger partial charge in [0.25, 0.3) is 0 Å². The standard InChI is InChI=1S/C15H33N3O2.C15H35N3O/c1-6-16(7-2)11-12-17(8-3)13-14(15(19)20)18(9-4)10-5;1-6-16(7-2)11-12-17(8-3)13-15(14-19)18(9-4)10-5/h14H,6-13H2,1-5H3,(H,19,20);15,19H,6-14H2,1-5H3/t14-;15-/m11/s1. The molecule has 236 valence electrons. The zero-order valence-electron chi connectivity index (χ0n) is 27.7. The van der Waals surface area contributed by atoms with Gasteiger partial charge in [-0.25, -0.2) is 0 Å². The van der Waals surface area contributed by atoms with Gasteiger partial charge >= 0.3 is 5.97 Å². The van der Waals surface area contributed by atoms with Gasteiger partial charge in [-0.3, -0.25) is 14.6 Å². The number of hydrogen-bond donors (Lipinski definition) is 2. The van der Waals surface area contributed by atoms with Crippen molar-refractivity contribution in [1.82, 2.24) is 29.4 Å². The summed E-state index contributed by atoms with van der Waals surface area (Å²) in [5, 5.41) is 19.0. The van der Waals surface area contributed by atoms with E-state index in [1.807, 2.05) is 18.7 Å². The van der Waals surface area contributed by atoms with E-state index in [1.165, 1.54) is 0 Å². The molecule has 2 N–H and O–H groups in total. The second-order valence-corrected chi connectivity index (χ2v) is 9.97. The van der Waals surface area contributed by atoms with E-state index in [4.69, 9.17) is 0 Å². The molecule has 0 spiro atoms. The molecule has 0 aromatic rings. The Labute approximate surface area is 243 Å². The summed E-state index contributed by atoms with van der Waals surface area (Å²) < 4.78 is 0. The van der Waals surface area contributed by atoms with E-state index in [0.717, 1.165) is 98.2 Å². The lowest BCUT2D eigenvalue weighted by atomic mass is 10.2. The third-order valence-corrected chi connectivity index (χ3v) is 8.13. The van der Waals surface area contributed by atoms with Crippen LogP contribution in [0.4, 0.5) is 0 Å². The zero-order chi connectivity index (χ0) is 30.2. The van der Waals surface area contributed by atoms with E-state index in [9.17, 15) is 15.0 Å². The number of carboxylic acid groups (broad SMARTS) is 1. The van der Waals surface area contributed by atoms with Gasteiger partial charge in [-0.2, -0.15) is 0 Å². The largest absolute Gasteiger partial charge is 0.480 e. The summed E-state index contributed by atoms with van der Waals surface area (Å²) in [5.41, 5.74) is 0. The monoisotopic (exact) mass is 561 g/mol. The zero-order valence-corrected chi connectivity index (χ0v) is 27.7. The van der Waals surface area contributed by atoms with Crippen LogP contribution in [0.2, 0.25) is 0 Å². The van der Waals surface area contributed by atoms with Crippen LogP contribution < -0.4 is 0 Å². The molecule has 0 saturated carbocycles. The van der Waals surface area contributed by atoms with Crippen molar-refractivity contribution in [2.24, 2.45) is 0 Å². The molecular formula is C30H68N6O3. The van der Waals surface area contributed by atoms with Crippen molar-refractivity contribution < 1.29 is 15.0 Å². The number of aliphatic hydroxyl groups excluding tert-OH is 1. The maximum atomic E-state index is 11.5. The number of aliphatic carboxylic acids is 1. The molecule has 0 fully saturated rings. The van der Waals surface area contributed by atoms with E-state index in [-0.39, 0.29) is 12.6 Å². The summed E-state index contributed by atoms with van der Waals surface area (Å²) in [5.74, 6) is -0.713. The Morgan fingerprint density at radius 3 is 1.13 bits per heavy atom. The van der Waals surface area contributed by atoms with Crippen molar-refractivity contribution in [2.75, 3.05) is 111 Å². The van der Waals surface area contributed by atoms with Crippen molar-refractivity contribution in [3.05, 3.63) is 0 Å². The van der Waals surface area contributed by atoms with E-state index in [0.29, 0.717) is 6.54 Å². The number of nitrogens with zero attached hydrogens (tertiary/aromatic N) is 6. The van der Waals surface area contributed by atoms with E-state index < -0.39 is 12.0 Å². The Morgan fingerprint density at radius 2 is 0.846 bits per heavy atom. The van der Waals surface area contributed by atoms with Crippen molar-refractivity contribution in [1.29, 1.82) is 0 Å². The fourth-order valence-corrected chi connectivity index (χ4v) is 4.99. The van der Waals surface area contributed by atoms with Gasteiger partial charge in [-0.15, -0.1) is 0 Å². The van der Waals surface area contributed by atoms with Crippen LogP contribution in [0.3, 0.4) is 0 Å². The molecule has 0 heterocycles. The van der Waals surface area contributed by atoms with E-state index in [2.05, 4.69) is 79.9 Å². The lowest BCUT2D eigenvalue weighted by molar-refractivity contribution is -0.144. The van der Waals surface area contributed by atoms with Gasteiger partial charge in [-0.1, -0.05) is 69.2 Å². The predicted octanol–water partition coefficient (Wildman–Crippen LogP) is 2.80. The Hall–Kier alpha value is -0.810. The van der Waals surface area contributed by atoms with Crippen LogP contribution in [0.1, 0.15) is 69.2 Å². The highest BCUT2D eigenvalue weighted by Crippen LogP contribution is 2.05. The van der Waals surface area contributed by atoms with Crippen LogP contribution in [0.5, 0.6) is 0 Å². The molecule has 9 nitrogen and oxygen atoms in total. The molecule has 0 saturated heterocycles. The van der Waals surface area contributed by atoms with Crippen LogP contribution in [0.25, 0.3) is 0 Å². The summed E-state index contributed by atoms with van der Waals surface area (Å²) in [4.78, 5) is 25.4. The van der Waals surface area contributed by atoms with E-state index >= 15 is 0 Å². The Balaban J connectivity index is 0. The van der Waals surface area contributed by atoms with Gasteiger partial charge in [0.15, 0.2) is 0 Å². The molecule has 0 aromatic heterocycles. The molecule has 0 aliphatic heterocycles. The molecule has 0 rings (SSSR count). The smallest absolute Gasteiger partial charge is 0.322 e. The average molecular weight is 561 g/mol. The Bertz CT molecular complexity index is 541. The summed E-state index contributed by atoms with van der Waals surface area (Å²) >= 11 is 0. The predicted molar refractivity (Wildman–Crippen MR) is 168 cm³/mol. The highest BCUT2D eigenvalue weighted by molar-refractivity contribution is 5.73. The van der Waals surface area contributed by atoms with Crippen LogP contribution >= 0.6 is 0 Å². The van der Waals surface area contributed by atoms with Gasteiger partial charge in [0, 0.05) is 45.3 Å². The number of hydrogen-bond acceptors (Lipinski definition) is 8. The summed E-state index contributed by atoms with van der Waals surface area (Å²) in [6.07, 6.45) is 0. The fourth-order valence-electron chi connectivity index (χ4n) is 4.99. The molecule has 0 amide bonds. The molecule has 0 bridgehead atoms. The second-order valence-electron chi connectivity index (χ2n) is 9.97. The molecule has 0 aromatic carbocycles. The molecule has 2 atom stereocenters. The number of carboxylic acids is 1. The third-order valence-electron chi connectivity index (χ3n) is 8.13. The molecule has 39 heavy (non-hydrogen) atoms. The first-order valence-corrected chi connectivity index (χ1v) is 15.9. The van der Waals surface area contributed by atoms with Gasteiger partial charge in [0.1, 0.15) is 6.04 Å². The van der Waals surface area contributed by atoms with Crippen molar-refractivity contribution >= 4 is 5.97 Å². The molecule has 0 unspecified atom stereocenters. The van der Waals surface area contributed by atoms with Gasteiger partial charge < -0.3 is 29.8 Å². The van der Waals surface area contributed by atoms with Crippen LogP contribution in [-0.2, 0) is 4.79 Å². The highest BCUT2D eigenvalue weighted by Gasteiger charge is 2.25. The maximum absolute atomic E-state index is 11.5. The second kappa shape index (κ2) is 26.1. The molecule has 0 aliphatic rings. The topological polar surface area (TPSA) is 77.0 Å². The SMILES string of the molecule is CCN(CC)CCN(CC)C[C@H](C(=O)O)N(CC)CC.CCN(CC)CCN(CC)C[C@H](CO)N(CC)CC. The summed E-state index contributed by atoms with van der Waals surface area (Å²) in [6.45, 7) is 37.3. The summed E-state index contributed by atoms with van der Waals surface area (Å²) in [7, 11) is 0. The van der Waals surface area contributed by atoms with E-state index in [1.54, 1.807) is 0 Å². The fraction of sp³-hybridized carbons (Fsp3) is 0.967. The summed E-state index contributed by atoms with van der Waals surface area (Å²) in [6, 6.07) is -0.131. The van der Waals surface area contributed by atoms with Gasteiger partial charge in [0.05, 0.1) is 6.61 Å². The Morgan fingerprint density at radius 1 is 0.513 bits per heavy atom. The molecule has 0 aliphatic carbocycles. The minimum absolute atomic E-state index is 0.253. The lowest BCUT2D eigenvalue weighted by Gasteiger charge is -2.33.